The van der Waals surface area contributed by atoms with Crippen LogP contribution in [-0.2, 0) is 11.2 Å². The summed E-state index contributed by atoms with van der Waals surface area (Å²) in [6.45, 7) is 1.29. The van der Waals surface area contributed by atoms with Crippen molar-refractivity contribution in [3.05, 3.63) is 22.4 Å². The van der Waals surface area contributed by atoms with E-state index in [1.165, 1.54) is 0 Å². The first-order valence-corrected chi connectivity index (χ1v) is 7.14. The molecule has 2 rings (SSSR count). The van der Waals surface area contributed by atoms with E-state index in [2.05, 4.69) is 4.90 Å². The fourth-order valence-electron chi connectivity index (χ4n) is 2.46. The maximum absolute atomic E-state index is 12.3. The molecule has 2 unspecified atom stereocenters. The third-order valence-electron chi connectivity index (χ3n) is 3.22. The van der Waals surface area contributed by atoms with E-state index in [4.69, 9.17) is 0 Å². The van der Waals surface area contributed by atoms with Crippen molar-refractivity contribution in [1.29, 1.82) is 0 Å². The third-order valence-corrected chi connectivity index (χ3v) is 3.96. The van der Waals surface area contributed by atoms with E-state index in [0.717, 1.165) is 12.1 Å². The number of β-amino-alcohol motifs (C(OH)–C–C–N with tert-alkyl or cyclic N) is 1. The van der Waals surface area contributed by atoms with Crippen molar-refractivity contribution in [2.45, 2.75) is 25.0 Å². The van der Waals surface area contributed by atoms with Gasteiger partial charge in [0.25, 0.3) is 0 Å². The minimum atomic E-state index is -0.374. The number of aliphatic hydroxyl groups is 1. The van der Waals surface area contributed by atoms with Gasteiger partial charge in [0, 0.05) is 19.1 Å². The first kappa shape index (κ1) is 13.5. The summed E-state index contributed by atoms with van der Waals surface area (Å²) < 4.78 is 0. The Balaban J connectivity index is 1.98. The summed E-state index contributed by atoms with van der Waals surface area (Å²) >= 11 is 1.61. The molecule has 1 saturated heterocycles. The van der Waals surface area contributed by atoms with Crippen molar-refractivity contribution in [2.24, 2.45) is 0 Å². The normalized spacial score (nSPS) is 23.9. The molecule has 100 valence electrons. The molecule has 1 fully saturated rings. The zero-order chi connectivity index (χ0) is 13.1. The molecular formula is C13H20N2O2S. The van der Waals surface area contributed by atoms with Gasteiger partial charge in [0.05, 0.1) is 12.5 Å². The van der Waals surface area contributed by atoms with Crippen LogP contribution < -0.4 is 0 Å². The fourth-order valence-corrected chi connectivity index (χ4v) is 3.13. The van der Waals surface area contributed by atoms with E-state index >= 15 is 0 Å². The first-order chi connectivity index (χ1) is 8.56. The molecule has 0 aliphatic carbocycles. The Morgan fingerprint density at radius 2 is 2.39 bits per heavy atom. The molecule has 2 heterocycles. The summed E-state index contributed by atoms with van der Waals surface area (Å²) in [6, 6.07) is 2.12. The van der Waals surface area contributed by atoms with Crippen LogP contribution in [0.5, 0.6) is 0 Å². The van der Waals surface area contributed by atoms with Gasteiger partial charge in [-0.15, -0.1) is 0 Å². The van der Waals surface area contributed by atoms with Gasteiger partial charge in [-0.3, -0.25) is 4.79 Å². The molecular weight excluding hydrogens is 248 g/mol. The molecule has 0 saturated carbocycles. The zero-order valence-corrected chi connectivity index (χ0v) is 11.7. The smallest absolute Gasteiger partial charge is 0.227 e. The second-order valence-electron chi connectivity index (χ2n) is 5.16. The fraction of sp³-hybridized carbons (Fsp3) is 0.615. The van der Waals surface area contributed by atoms with Crippen LogP contribution in [-0.4, -0.2) is 60.1 Å². The van der Waals surface area contributed by atoms with E-state index in [0.29, 0.717) is 19.4 Å². The van der Waals surface area contributed by atoms with Crippen LogP contribution >= 0.6 is 11.3 Å². The second-order valence-corrected chi connectivity index (χ2v) is 5.94. The van der Waals surface area contributed by atoms with E-state index in [1.54, 1.807) is 11.3 Å². The highest BCUT2D eigenvalue weighted by atomic mass is 32.1. The number of hydrogen-bond donors (Lipinski definition) is 1. The number of nitrogens with zero attached hydrogens (tertiary/aromatic N) is 2. The minimum Gasteiger partial charge on any atom is -0.391 e. The third kappa shape index (κ3) is 3.31. The SMILES string of the molecule is CN(C)CC1CC(O)CN1C(=O)Cc1ccsc1. The lowest BCUT2D eigenvalue weighted by atomic mass is 10.1. The van der Waals surface area contributed by atoms with Crippen molar-refractivity contribution in [2.75, 3.05) is 27.2 Å². The lowest BCUT2D eigenvalue weighted by Crippen LogP contribution is -2.42. The van der Waals surface area contributed by atoms with E-state index < -0.39 is 0 Å². The Labute approximate surface area is 112 Å². The maximum atomic E-state index is 12.3. The molecule has 5 heteroatoms. The highest BCUT2D eigenvalue weighted by Crippen LogP contribution is 2.20. The van der Waals surface area contributed by atoms with E-state index in [1.807, 2.05) is 35.8 Å². The number of thiophene rings is 1. The largest absolute Gasteiger partial charge is 0.391 e. The van der Waals surface area contributed by atoms with Crippen LogP contribution in [0, 0.1) is 0 Å². The van der Waals surface area contributed by atoms with Gasteiger partial charge in [-0.1, -0.05) is 0 Å². The van der Waals surface area contributed by atoms with Gasteiger partial charge in [0.2, 0.25) is 5.91 Å². The number of amides is 1. The monoisotopic (exact) mass is 268 g/mol. The summed E-state index contributed by atoms with van der Waals surface area (Å²) in [5.74, 6) is 0.122. The number of likely N-dealkylation sites (N-methyl/N-ethyl adjacent to an activating group) is 1. The molecule has 0 bridgehead atoms. The van der Waals surface area contributed by atoms with Gasteiger partial charge < -0.3 is 14.9 Å². The summed E-state index contributed by atoms with van der Waals surface area (Å²) in [5, 5.41) is 13.7. The molecule has 0 aromatic carbocycles. The highest BCUT2D eigenvalue weighted by molar-refractivity contribution is 7.07. The van der Waals surface area contributed by atoms with Crippen LogP contribution in [0.3, 0.4) is 0 Å². The van der Waals surface area contributed by atoms with Gasteiger partial charge in [0.15, 0.2) is 0 Å². The second kappa shape index (κ2) is 5.82. The van der Waals surface area contributed by atoms with Crippen molar-refractivity contribution >= 4 is 17.2 Å². The summed E-state index contributed by atoms with van der Waals surface area (Å²) in [7, 11) is 3.98. The Bertz CT molecular complexity index is 392. The molecule has 1 aliphatic heterocycles. The average molecular weight is 268 g/mol. The molecule has 0 radical (unpaired) electrons. The van der Waals surface area contributed by atoms with Crippen LogP contribution in [0.2, 0.25) is 0 Å². The van der Waals surface area contributed by atoms with Gasteiger partial charge in [-0.25, -0.2) is 0 Å². The van der Waals surface area contributed by atoms with Crippen LogP contribution in [0.15, 0.2) is 16.8 Å². The molecule has 2 atom stereocenters. The molecule has 1 aromatic rings. The van der Waals surface area contributed by atoms with Crippen molar-refractivity contribution in [1.82, 2.24) is 9.80 Å². The first-order valence-electron chi connectivity index (χ1n) is 6.19. The van der Waals surface area contributed by atoms with Gasteiger partial charge in [0.1, 0.15) is 0 Å². The summed E-state index contributed by atoms with van der Waals surface area (Å²) in [4.78, 5) is 16.1. The van der Waals surface area contributed by atoms with Crippen LogP contribution in [0.25, 0.3) is 0 Å². The number of rotatable bonds is 4. The van der Waals surface area contributed by atoms with Gasteiger partial charge >= 0.3 is 0 Å². The lowest BCUT2D eigenvalue weighted by Gasteiger charge is -2.26. The molecule has 18 heavy (non-hydrogen) atoms. The predicted octanol–water partition coefficient (Wildman–Crippen LogP) is 0.814. The lowest BCUT2D eigenvalue weighted by molar-refractivity contribution is -0.131. The summed E-state index contributed by atoms with van der Waals surface area (Å²) in [5.41, 5.74) is 1.06. The topological polar surface area (TPSA) is 43.8 Å². The van der Waals surface area contributed by atoms with Crippen molar-refractivity contribution < 1.29 is 9.90 Å². The Morgan fingerprint density at radius 1 is 1.61 bits per heavy atom. The van der Waals surface area contributed by atoms with E-state index in [-0.39, 0.29) is 18.1 Å². The molecule has 1 aromatic heterocycles. The number of carbonyl (C=O) groups is 1. The molecule has 1 N–H and O–H groups in total. The molecule has 0 spiro atoms. The summed E-state index contributed by atoms with van der Waals surface area (Å²) in [6.07, 6.45) is 0.759. The number of likely N-dealkylation sites (tertiary alicyclic amines) is 1. The van der Waals surface area contributed by atoms with Gasteiger partial charge in [-0.2, -0.15) is 11.3 Å². The van der Waals surface area contributed by atoms with Crippen LogP contribution in [0.4, 0.5) is 0 Å². The quantitative estimate of drug-likeness (QED) is 0.879. The average Bonchev–Trinajstić information content (AvgIpc) is 2.87. The molecule has 4 nitrogen and oxygen atoms in total. The molecule has 1 aliphatic rings. The maximum Gasteiger partial charge on any atom is 0.227 e. The Morgan fingerprint density at radius 3 is 3.00 bits per heavy atom. The Kier molecular flexibility index (Phi) is 4.37. The van der Waals surface area contributed by atoms with Crippen molar-refractivity contribution in [3.63, 3.8) is 0 Å². The highest BCUT2D eigenvalue weighted by Gasteiger charge is 2.34. The van der Waals surface area contributed by atoms with E-state index in [9.17, 15) is 9.90 Å². The van der Waals surface area contributed by atoms with Crippen molar-refractivity contribution in [3.8, 4) is 0 Å². The zero-order valence-electron chi connectivity index (χ0n) is 10.9. The van der Waals surface area contributed by atoms with Gasteiger partial charge in [-0.05, 0) is 42.9 Å². The molecule has 1 amide bonds. The number of aliphatic hydroxyl groups excluding tert-OH is 1. The Hall–Kier alpha value is -0.910. The van der Waals surface area contributed by atoms with Crippen LogP contribution in [0.1, 0.15) is 12.0 Å². The standard InChI is InChI=1S/C13H20N2O2S/c1-14(2)7-11-6-12(16)8-15(11)13(17)5-10-3-4-18-9-10/h3-4,9,11-12,16H,5-8H2,1-2H3. The number of carbonyl (C=O) groups excluding carboxylic acids is 1. The predicted molar refractivity (Wildman–Crippen MR) is 72.7 cm³/mol. The number of hydrogen-bond acceptors (Lipinski definition) is 4. The minimum absolute atomic E-state index is 0.122.